The van der Waals surface area contributed by atoms with Gasteiger partial charge in [0.15, 0.2) is 0 Å². The summed E-state index contributed by atoms with van der Waals surface area (Å²) < 4.78 is 0. The van der Waals surface area contributed by atoms with Crippen LogP contribution in [0.4, 0.5) is 5.82 Å². The molecule has 0 aliphatic rings. The fourth-order valence-corrected chi connectivity index (χ4v) is 2.43. The van der Waals surface area contributed by atoms with E-state index in [1.165, 1.54) is 0 Å². The Morgan fingerprint density at radius 1 is 1.14 bits per heavy atom. The van der Waals surface area contributed by atoms with Crippen LogP contribution in [0.2, 0.25) is 0 Å². The molecule has 0 bridgehead atoms. The molecule has 0 atom stereocenters. The fraction of sp³-hybridized carbons (Fsp3) is 0.625. The van der Waals surface area contributed by atoms with E-state index in [1.54, 1.807) is 0 Å². The average molecular weight is 291 g/mol. The summed E-state index contributed by atoms with van der Waals surface area (Å²) >= 11 is 0. The van der Waals surface area contributed by atoms with Gasteiger partial charge in [0.1, 0.15) is 11.7 Å². The second-order valence-electron chi connectivity index (χ2n) is 5.20. The van der Waals surface area contributed by atoms with Gasteiger partial charge in [-0.25, -0.2) is 4.98 Å². The molecule has 0 spiro atoms. The van der Waals surface area contributed by atoms with Crippen LogP contribution < -0.4 is 10.6 Å². The van der Waals surface area contributed by atoms with Crippen molar-refractivity contribution in [1.82, 2.24) is 9.88 Å². The first-order valence-electron chi connectivity index (χ1n) is 7.82. The van der Waals surface area contributed by atoms with Gasteiger partial charge in [0, 0.05) is 18.8 Å². The molecule has 0 fully saturated rings. The number of aromatic nitrogens is 1. The molecular formula is C16H29N5. The second-order valence-corrected chi connectivity index (χ2v) is 5.20. The lowest BCUT2D eigenvalue weighted by molar-refractivity contribution is 0.300. The molecule has 0 unspecified atom stereocenters. The van der Waals surface area contributed by atoms with E-state index in [0.717, 1.165) is 56.2 Å². The molecule has 1 aromatic rings. The summed E-state index contributed by atoms with van der Waals surface area (Å²) in [7, 11) is 0. The zero-order valence-corrected chi connectivity index (χ0v) is 13.8. The highest BCUT2D eigenvalue weighted by Gasteiger charge is 2.14. The molecule has 3 N–H and O–H groups in total. The van der Waals surface area contributed by atoms with E-state index in [1.807, 2.05) is 19.1 Å². The average Bonchev–Trinajstić information content (AvgIpc) is 2.47. The Labute approximate surface area is 128 Å². The molecule has 1 heterocycles. The molecule has 0 aliphatic heterocycles. The molecule has 1 aromatic heterocycles. The Hall–Kier alpha value is -1.62. The third kappa shape index (κ3) is 5.01. The molecule has 21 heavy (non-hydrogen) atoms. The van der Waals surface area contributed by atoms with Gasteiger partial charge in [0.05, 0.1) is 5.56 Å². The minimum absolute atomic E-state index is 0.0830. The number of anilines is 1. The summed E-state index contributed by atoms with van der Waals surface area (Å²) in [4.78, 5) is 9.23. The van der Waals surface area contributed by atoms with E-state index in [0.29, 0.717) is 0 Å². The van der Waals surface area contributed by atoms with Gasteiger partial charge in [0.2, 0.25) is 0 Å². The van der Waals surface area contributed by atoms with Crippen molar-refractivity contribution in [3.63, 3.8) is 0 Å². The summed E-state index contributed by atoms with van der Waals surface area (Å²) in [5.74, 6) is 0.921. The van der Waals surface area contributed by atoms with E-state index >= 15 is 0 Å². The molecule has 0 amide bonds. The number of nitrogens with one attached hydrogen (secondary N) is 1. The maximum absolute atomic E-state index is 7.72. The summed E-state index contributed by atoms with van der Waals surface area (Å²) in [6, 6.07) is 3.80. The predicted molar refractivity (Wildman–Crippen MR) is 90.3 cm³/mol. The first-order valence-corrected chi connectivity index (χ1v) is 7.82. The van der Waals surface area contributed by atoms with Crippen LogP contribution in [0.1, 0.15) is 38.4 Å². The van der Waals surface area contributed by atoms with Crippen LogP contribution in [-0.4, -0.2) is 48.4 Å². The molecule has 0 saturated heterocycles. The number of aryl methyl sites for hydroxylation is 1. The van der Waals surface area contributed by atoms with Gasteiger partial charge < -0.3 is 15.5 Å². The molecular weight excluding hydrogens is 262 g/mol. The van der Waals surface area contributed by atoms with Crippen LogP contribution in [0.3, 0.4) is 0 Å². The minimum Gasteiger partial charge on any atom is -0.384 e. The SMILES string of the molecule is CCN(CC)CCCN(CC)c1nc(C)ccc1C(=N)N. The second kappa shape index (κ2) is 8.62. The number of nitrogens with zero attached hydrogens (tertiary/aromatic N) is 3. The van der Waals surface area contributed by atoms with Gasteiger partial charge in [-0.3, -0.25) is 5.41 Å². The number of nitrogens with two attached hydrogens (primary N) is 1. The lowest BCUT2D eigenvalue weighted by Crippen LogP contribution is -2.32. The van der Waals surface area contributed by atoms with Crippen molar-refractivity contribution in [2.75, 3.05) is 37.6 Å². The highest BCUT2D eigenvalue weighted by atomic mass is 15.2. The van der Waals surface area contributed by atoms with Gasteiger partial charge >= 0.3 is 0 Å². The van der Waals surface area contributed by atoms with Gasteiger partial charge in [-0.05, 0) is 52.0 Å². The number of hydrogen-bond acceptors (Lipinski definition) is 4. The van der Waals surface area contributed by atoms with Crippen molar-refractivity contribution < 1.29 is 0 Å². The van der Waals surface area contributed by atoms with E-state index in [4.69, 9.17) is 11.1 Å². The van der Waals surface area contributed by atoms with Crippen LogP contribution in [0.5, 0.6) is 0 Å². The summed E-state index contributed by atoms with van der Waals surface area (Å²) in [5, 5.41) is 7.72. The third-order valence-electron chi connectivity index (χ3n) is 3.78. The van der Waals surface area contributed by atoms with Gasteiger partial charge in [-0.1, -0.05) is 13.8 Å². The molecule has 0 radical (unpaired) electrons. The van der Waals surface area contributed by atoms with E-state index in [-0.39, 0.29) is 5.84 Å². The van der Waals surface area contributed by atoms with Gasteiger partial charge in [-0.2, -0.15) is 0 Å². The molecule has 118 valence electrons. The summed E-state index contributed by atoms with van der Waals surface area (Å²) in [6.45, 7) is 13.5. The monoisotopic (exact) mass is 291 g/mol. The number of pyridine rings is 1. The number of rotatable bonds is 9. The van der Waals surface area contributed by atoms with Gasteiger partial charge in [-0.15, -0.1) is 0 Å². The number of hydrogen-bond donors (Lipinski definition) is 2. The highest BCUT2D eigenvalue weighted by Crippen LogP contribution is 2.18. The predicted octanol–water partition coefficient (Wildman–Crippen LogP) is 2.23. The van der Waals surface area contributed by atoms with Crippen LogP contribution in [0, 0.1) is 12.3 Å². The Bertz CT molecular complexity index is 454. The van der Waals surface area contributed by atoms with E-state index < -0.39 is 0 Å². The summed E-state index contributed by atoms with van der Waals surface area (Å²) in [5.41, 5.74) is 7.37. The van der Waals surface area contributed by atoms with Crippen molar-refractivity contribution in [3.05, 3.63) is 23.4 Å². The Balaban J connectivity index is 2.80. The first-order chi connectivity index (χ1) is 10.0. The topological polar surface area (TPSA) is 69.2 Å². The largest absolute Gasteiger partial charge is 0.384 e. The molecule has 1 rings (SSSR count). The summed E-state index contributed by atoms with van der Waals surface area (Å²) in [6.07, 6.45) is 1.09. The van der Waals surface area contributed by atoms with E-state index in [9.17, 15) is 0 Å². The van der Waals surface area contributed by atoms with Crippen molar-refractivity contribution in [2.24, 2.45) is 5.73 Å². The normalized spacial score (nSPS) is 10.9. The molecule has 5 nitrogen and oxygen atoms in total. The first kappa shape index (κ1) is 17.4. The lowest BCUT2D eigenvalue weighted by atomic mass is 10.2. The molecule has 5 heteroatoms. The fourth-order valence-electron chi connectivity index (χ4n) is 2.43. The Kier molecular flexibility index (Phi) is 7.15. The third-order valence-corrected chi connectivity index (χ3v) is 3.78. The van der Waals surface area contributed by atoms with Crippen LogP contribution >= 0.6 is 0 Å². The Morgan fingerprint density at radius 2 is 1.81 bits per heavy atom. The molecule has 0 aliphatic carbocycles. The quantitative estimate of drug-likeness (QED) is 0.541. The van der Waals surface area contributed by atoms with Crippen molar-refractivity contribution in [3.8, 4) is 0 Å². The lowest BCUT2D eigenvalue weighted by Gasteiger charge is -2.26. The standard InChI is InChI=1S/C16H29N5/c1-5-20(6-2)11-8-12-21(7-3)16-14(15(17)18)10-9-13(4)19-16/h9-10H,5-8,11-12H2,1-4H3,(H3,17,18). The van der Waals surface area contributed by atoms with Crippen molar-refractivity contribution in [1.29, 1.82) is 5.41 Å². The maximum atomic E-state index is 7.72. The van der Waals surface area contributed by atoms with E-state index in [2.05, 4.69) is 35.6 Å². The highest BCUT2D eigenvalue weighted by molar-refractivity contribution is 5.99. The zero-order chi connectivity index (χ0) is 15.8. The van der Waals surface area contributed by atoms with Crippen LogP contribution in [0.15, 0.2) is 12.1 Å². The smallest absolute Gasteiger partial charge is 0.139 e. The zero-order valence-electron chi connectivity index (χ0n) is 13.8. The van der Waals surface area contributed by atoms with Crippen molar-refractivity contribution >= 4 is 11.7 Å². The Morgan fingerprint density at radius 3 is 2.33 bits per heavy atom. The molecule has 0 aromatic carbocycles. The number of amidine groups is 1. The minimum atomic E-state index is 0.0830. The molecule has 0 saturated carbocycles. The van der Waals surface area contributed by atoms with Crippen molar-refractivity contribution in [2.45, 2.75) is 34.1 Å². The van der Waals surface area contributed by atoms with Crippen LogP contribution in [-0.2, 0) is 0 Å². The van der Waals surface area contributed by atoms with Gasteiger partial charge in [0.25, 0.3) is 0 Å². The maximum Gasteiger partial charge on any atom is 0.139 e. The van der Waals surface area contributed by atoms with Crippen LogP contribution in [0.25, 0.3) is 0 Å². The number of nitrogen functional groups attached to an aromatic ring is 1.